The van der Waals surface area contributed by atoms with Crippen molar-refractivity contribution in [2.75, 3.05) is 12.8 Å². The minimum absolute atomic E-state index is 0.0320. The third-order valence-corrected chi connectivity index (χ3v) is 15.9. The van der Waals surface area contributed by atoms with Gasteiger partial charge in [-0.15, -0.1) is 4.52 Å². The lowest BCUT2D eigenvalue weighted by atomic mass is 9.89. The predicted molar refractivity (Wildman–Crippen MR) is 212 cm³/mol. The van der Waals surface area contributed by atoms with Gasteiger partial charge in [-0.2, -0.15) is 0 Å². The number of halogens is 1. The maximum absolute atomic E-state index is 14.1. The number of rotatable bonds is 12. The molecule has 0 spiro atoms. The van der Waals surface area contributed by atoms with Crippen LogP contribution in [-0.2, 0) is 24.7 Å². The topological polar surface area (TPSA) is 85.7 Å². The van der Waals surface area contributed by atoms with Crippen LogP contribution in [-0.4, -0.2) is 43.2 Å². The molecule has 0 bridgehead atoms. The summed E-state index contributed by atoms with van der Waals surface area (Å²) in [5, 5.41) is 11.6. The molecule has 0 saturated heterocycles. The first kappa shape index (κ1) is 38.0. The van der Waals surface area contributed by atoms with Crippen molar-refractivity contribution in [2.24, 2.45) is 0 Å². The maximum Gasteiger partial charge on any atom is 0.511 e. The van der Waals surface area contributed by atoms with Crippen LogP contribution in [0.2, 0.25) is 5.04 Å². The zero-order valence-corrected chi connectivity index (χ0v) is 32.6. The van der Waals surface area contributed by atoms with Crippen molar-refractivity contribution in [3.05, 3.63) is 137 Å². The van der Waals surface area contributed by atoms with Crippen LogP contribution in [0, 0.1) is 17.7 Å². The molecule has 2 unspecified atom stereocenters. The third-order valence-electron chi connectivity index (χ3n) is 9.65. The summed E-state index contributed by atoms with van der Waals surface area (Å²) >= 11 is 0. The molecule has 0 amide bonds. The zero-order valence-electron chi connectivity index (χ0n) is 30.7. The van der Waals surface area contributed by atoms with Gasteiger partial charge in [0.1, 0.15) is 11.9 Å². The van der Waals surface area contributed by atoms with Crippen LogP contribution in [0.1, 0.15) is 69.3 Å². The van der Waals surface area contributed by atoms with Gasteiger partial charge in [0.15, 0.2) is 6.61 Å². The maximum atomic E-state index is 14.1. The fourth-order valence-electron chi connectivity index (χ4n) is 7.34. The highest BCUT2D eigenvalue weighted by Crippen LogP contribution is 2.44. The molecule has 0 saturated carbocycles. The number of hydrogen-bond donors (Lipinski definition) is 1. The minimum Gasteiger partial charge on any atom is -0.481 e. The Kier molecular flexibility index (Phi) is 11.5. The lowest BCUT2D eigenvalue weighted by molar-refractivity contribution is -0.138. The number of pyridine rings is 1. The second-order valence-corrected chi connectivity index (χ2v) is 20.2. The first-order valence-electron chi connectivity index (χ1n) is 17.9. The molecule has 2 atom stereocenters. The Balaban J connectivity index is 1.30. The first-order valence-corrected chi connectivity index (χ1v) is 21.1. The van der Waals surface area contributed by atoms with Gasteiger partial charge in [0.25, 0.3) is 8.32 Å². The van der Waals surface area contributed by atoms with Gasteiger partial charge >= 0.3 is 14.0 Å². The molecule has 5 aromatic rings. The number of carboxylic acid groups (broad SMARTS) is 1. The van der Waals surface area contributed by atoms with Gasteiger partial charge in [-0.3, -0.25) is 9.78 Å². The fourth-order valence-corrected chi connectivity index (χ4v) is 13.0. The Morgan fingerprint density at radius 3 is 2.11 bits per heavy atom. The molecule has 4 aromatic carbocycles. The van der Waals surface area contributed by atoms with Crippen molar-refractivity contribution in [3.63, 3.8) is 0 Å². The van der Waals surface area contributed by atoms with Crippen LogP contribution in [0.3, 0.4) is 0 Å². The highest BCUT2D eigenvalue weighted by molar-refractivity contribution is 7.39. The molecule has 1 N–H and O–H groups in total. The van der Waals surface area contributed by atoms with Crippen LogP contribution in [0.5, 0.6) is 0 Å². The Hall–Kier alpha value is -4.77. The number of hydrogen-bond acceptors (Lipinski definition) is 5. The monoisotopic (exact) mass is 744 g/mol. The molecule has 0 radical (unpaired) electrons. The molecule has 1 aromatic heterocycles. The van der Waals surface area contributed by atoms with E-state index in [2.05, 4.69) is 58.6 Å². The van der Waals surface area contributed by atoms with Crippen molar-refractivity contribution in [2.45, 2.75) is 64.5 Å². The zero-order chi connectivity index (χ0) is 37.8. The molecule has 0 fully saturated rings. The highest BCUT2D eigenvalue weighted by atomic mass is 31.1. The number of nitrogens with zero attached hydrogens (tertiary/aromatic N) is 1. The van der Waals surface area contributed by atoms with Crippen LogP contribution < -0.4 is 10.4 Å². The fraction of sp³-hybridized carbons (Fsp3) is 0.273. The number of carbonyl (C=O) groups is 1. The summed E-state index contributed by atoms with van der Waals surface area (Å²) in [7, 11) is -5.47. The number of fused-ring (bicyclic) bond motifs is 3. The standard InChI is InChI=1S/C44H43FNO5PSi/c1-30(2)42-38(41(31-22-24-33(45)25-23-31)39-27-32-15-12-13-20-37(32)43(39)46-42)21-14-26-50-52(49)29-34(28-40(47)48)51-53(44(3,4)5,35-16-8-6-9-17-35)36-18-10-7-11-19-36/h6-13,15-20,22-25,30,34H,26-29H2,1-5H3/p+1. The van der Waals surface area contributed by atoms with Crippen molar-refractivity contribution in [1.29, 1.82) is 0 Å². The summed E-state index contributed by atoms with van der Waals surface area (Å²) in [6.07, 6.45) is -0.639. The molecule has 0 aliphatic heterocycles. The number of aromatic nitrogens is 1. The smallest absolute Gasteiger partial charge is 0.481 e. The SMILES string of the molecule is CC(C)c1nc2c(c(-c3ccc(F)cc3)c1C#CCO[P+](=O)CC(CC(=O)O)O[Si](c1ccccc1)(c1ccccc1)C(C)(C)C)Cc1ccccc1-2. The van der Waals surface area contributed by atoms with Crippen LogP contribution in [0.25, 0.3) is 22.4 Å². The lowest BCUT2D eigenvalue weighted by Crippen LogP contribution is -2.68. The molecule has 270 valence electrons. The van der Waals surface area contributed by atoms with E-state index in [1.807, 2.05) is 72.8 Å². The normalized spacial score (nSPS) is 13.2. The molecule has 1 aliphatic rings. The summed E-state index contributed by atoms with van der Waals surface area (Å²) in [4.78, 5) is 17.3. The number of carboxylic acids is 1. The second-order valence-electron chi connectivity index (χ2n) is 14.7. The van der Waals surface area contributed by atoms with E-state index in [0.29, 0.717) is 6.42 Å². The Labute approximate surface area is 313 Å². The summed E-state index contributed by atoms with van der Waals surface area (Å²) in [6.45, 7) is 10.3. The lowest BCUT2D eigenvalue weighted by Gasteiger charge is -2.44. The van der Waals surface area contributed by atoms with Gasteiger partial charge in [0, 0.05) is 17.5 Å². The van der Waals surface area contributed by atoms with E-state index in [9.17, 15) is 18.9 Å². The van der Waals surface area contributed by atoms with Gasteiger partial charge in [-0.25, -0.2) is 4.39 Å². The Morgan fingerprint density at radius 2 is 1.53 bits per heavy atom. The third kappa shape index (κ3) is 8.10. The van der Waals surface area contributed by atoms with Crippen LogP contribution >= 0.6 is 8.03 Å². The minimum atomic E-state index is -3.13. The quantitative estimate of drug-likeness (QED) is 0.0765. The van der Waals surface area contributed by atoms with Crippen molar-refractivity contribution in [3.8, 4) is 34.2 Å². The molecule has 1 heterocycles. The molecule has 1 aliphatic carbocycles. The number of benzene rings is 4. The van der Waals surface area contributed by atoms with E-state index in [0.717, 1.165) is 49.6 Å². The van der Waals surface area contributed by atoms with E-state index < -0.39 is 33.5 Å². The summed E-state index contributed by atoms with van der Waals surface area (Å²) < 4.78 is 40.5. The average Bonchev–Trinajstić information content (AvgIpc) is 3.50. The van der Waals surface area contributed by atoms with Crippen molar-refractivity contribution >= 4 is 32.7 Å². The predicted octanol–water partition coefficient (Wildman–Crippen LogP) is 9.11. The molecule has 9 heteroatoms. The molecule has 6 nitrogen and oxygen atoms in total. The summed E-state index contributed by atoms with van der Waals surface area (Å²) in [5.74, 6) is 5.04. The average molecular weight is 745 g/mol. The van der Waals surface area contributed by atoms with Crippen molar-refractivity contribution < 1.29 is 27.8 Å². The van der Waals surface area contributed by atoms with E-state index in [1.54, 1.807) is 12.1 Å². The van der Waals surface area contributed by atoms with Gasteiger partial charge in [-0.1, -0.05) is 144 Å². The molecule has 53 heavy (non-hydrogen) atoms. The summed E-state index contributed by atoms with van der Waals surface area (Å²) in [6, 6.07) is 34.5. The van der Waals surface area contributed by atoms with Crippen LogP contribution in [0.4, 0.5) is 4.39 Å². The van der Waals surface area contributed by atoms with E-state index in [1.165, 1.54) is 17.7 Å². The van der Waals surface area contributed by atoms with Gasteiger partial charge < -0.3 is 9.53 Å². The first-order chi connectivity index (χ1) is 25.4. The van der Waals surface area contributed by atoms with Gasteiger partial charge in [0.2, 0.25) is 6.16 Å². The van der Waals surface area contributed by atoms with Crippen molar-refractivity contribution in [1.82, 2.24) is 4.98 Å². The second kappa shape index (κ2) is 16.1. The van der Waals surface area contributed by atoms with Gasteiger partial charge in [-0.05, 0) is 54.7 Å². The summed E-state index contributed by atoms with van der Waals surface area (Å²) in [5.41, 5.74) is 7.51. The van der Waals surface area contributed by atoms with Crippen LogP contribution in [0.15, 0.2) is 109 Å². The van der Waals surface area contributed by atoms with Gasteiger partial charge in [0.05, 0.1) is 23.4 Å². The molecular weight excluding hydrogens is 701 g/mol. The molecule has 6 rings (SSSR count). The molecular formula is C44H44FNO5PSi+. The van der Waals surface area contributed by atoms with E-state index in [4.69, 9.17) is 13.9 Å². The largest absolute Gasteiger partial charge is 0.511 e. The Morgan fingerprint density at radius 1 is 0.925 bits per heavy atom. The van der Waals surface area contributed by atoms with E-state index in [-0.39, 0.29) is 30.9 Å². The number of aliphatic carboxylic acids is 1. The Bertz CT molecular complexity index is 2130. The van der Waals surface area contributed by atoms with E-state index >= 15 is 0 Å². The highest BCUT2D eigenvalue weighted by Gasteiger charge is 2.52.